The molecule has 0 aliphatic heterocycles. The van der Waals surface area contributed by atoms with E-state index >= 15 is 0 Å². The summed E-state index contributed by atoms with van der Waals surface area (Å²) in [4.78, 5) is 15.9. The van der Waals surface area contributed by atoms with Crippen LogP contribution in [0.3, 0.4) is 0 Å². The Labute approximate surface area is 345 Å². The van der Waals surface area contributed by atoms with Gasteiger partial charge in [0, 0.05) is 58.7 Å². The number of benzene rings is 9. The Hall–Kier alpha value is -7.47. The molecule has 4 nitrogen and oxygen atoms in total. The Balaban J connectivity index is 1.19. The summed E-state index contributed by atoms with van der Waals surface area (Å²) in [5, 5.41) is 8.48. The lowest BCUT2D eigenvalue weighted by atomic mass is 9.97. The molecule has 0 spiro atoms. The van der Waals surface area contributed by atoms with Crippen molar-refractivity contribution in [3.63, 3.8) is 0 Å². The van der Waals surface area contributed by atoms with Crippen LogP contribution < -0.4 is 0 Å². The molecule has 0 bridgehead atoms. The smallest absolute Gasteiger partial charge is 0.165 e. The van der Waals surface area contributed by atoms with E-state index in [0.717, 1.165) is 85.9 Å². The summed E-state index contributed by atoms with van der Waals surface area (Å²) in [6.45, 7) is 0. The highest BCUT2D eigenvalue weighted by Crippen LogP contribution is 2.44. The van der Waals surface area contributed by atoms with Gasteiger partial charge in [0.15, 0.2) is 17.5 Å². The molecular formula is C53H32N4S. The summed E-state index contributed by atoms with van der Waals surface area (Å²) < 4.78 is 46.9. The fraction of sp³-hybridized carbons (Fsp3) is 0. The van der Waals surface area contributed by atoms with Crippen molar-refractivity contribution in [3.05, 3.63) is 194 Å². The lowest BCUT2D eigenvalue weighted by molar-refractivity contribution is 1.08. The van der Waals surface area contributed by atoms with Crippen molar-refractivity contribution in [1.82, 2.24) is 19.5 Å². The van der Waals surface area contributed by atoms with Gasteiger partial charge in [-0.25, -0.2) is 15.0 Å². The molecule has 0 aliphatic carbocycles. The summed E-state index contributed by atoms with van der Waals surface area (Å²) in [6, 6.07) is 54.3. The maximum absolute atomic E-state index is 8.82. The van der Waals surface area contributed by atoms with Crippen LogP contribution in [0.4, 0.5) is 0 Å². The molecule has 0 atom stereocenters. The predicted molar refractivity (Wildman–Crippen MR) is 244 cm³/mol. The van der Waals surface area contributed by atoms with Gasteiger partial charge in [0.1, 0.15) is 0 Å². The fourth-order valence-electron chi connectivity index (χ4n) is 8.49. The maximum atomic E-state index is 8.82. The summed E-state index contributed by atoms with van der Waals surface area (Å²) >= 11 is 1.62. The van der Waals surface area contributed by atoms with Gasteiger partial charge < -0.3 is 4.57 Å². The molecule has 9 aromatic carbocycles. The van der Waals surface area contributed by atoms with Gasteiger partial charge in [-0.2, -0.15) is 0 Å². The summed E-state index contributed by atoms with van der Waals surface area (Å²) in [5.74, 6) is 1.62. The SMILES string of the molecule is [2H]c1c([2H])c([2H])c(-c2ccc3sc4c(-c5nc(-c6ccccc6)nc(-c6cccc7ccc8ccccc8c67)n5)cc(-n5c6ccccc6c6ccccc65)cc4c3c2)c([2H])c1[2H]. The summed E-state index contributed by atoms with van der Waals surface area (Å²) in [5.41, 5.74) is 6.29. The minimum atomic E-state index is -0.417. The second-order valence-electron chi connectivity index (χ2n) is 14.4. The van der Waals surface area contributed by atoms with Crippen LogP contribution in [0.1, 0.15) is 6.85 Å². The first-order chi connectivity index (χ1) is 30.8. The maximum Gasteiger partial charge on any atom is 0.165 e. The fourth-order valence-corrected chi connectivity index (χ4v) is 9.66. The highest BCUT2D eigenvalue weighted by molar-refractivity contribution is 7.26. The zero-order valence-electron chi connectivity index (χ0n) is 35.8. The minimum Gasteiger partial charge on any atom is -0.309 e. The lowest BCUT2D eigenvalue weighted by Crippen LogP contribution is -2.02. The third kappa shape index (κ3) is 5.18. The van der Waals surface area contributed by atoms with E-state index in [2.05, 4.69) is 120 Å². The molecule has 12 aromatic rings. The van der Waals surface area contributed by atoms with E-state index in [0.29, 0.717) is 23.0 Å². The largest absolute Gasteiger partial charge is 0.309 e. The van der Waals surface area contributed by atoms with Gasteiger partial charge in [-0.1, -0.05) is 158 Å². The second-order valence-corrected chi connectivity index (χ2v) is 15.5. The number of hydrogen-bond acceptors (Lipinski definition) is 4. The Morgan fingerprint density at radius 1 is 0.431 bits per heavy atom. The molecule has 0 N–H and O–H groups in total. The van der Waals surface area contributed by atoms with Crippen LogP contribution in [0, 0.1) is 0 Å². The van der Waals surface area contributed by atoms with Gasteiger partial charge in [-0.3, -0.25) is 0 Å². The Morgan fingerprint density at radius 3 is 1.88 bits per heavy atom. The van der Waals surface area contributed by atoms with Crippen molar-refractivity contribution in [1.29, 1.82) is 0 Å². The van der Waals surface area contributed by atoms with Crippen molar-refractivity contribution in [3.8, 4) is 51.0 Å². The number of thiophene rings is 1. The molecule has 270 valence electrons. The molecule has 12 rings (SSSR count). The van der Waals surface area contributed by atoms with Crippen LogP contribution >= 0.6 is 11.3 Å². The molecule has 0 unspecified atom stereocenters. The van der Waals surface area contributed by atoms with Gasteiger partial charge in [0.25, 0.3) is 0 Å². The van der Waals surface area contributed by atoms with E-state index in [9.17, 15) is 0 Å². The Kier molecular flexibility index (Phi) is 6.30. The molecule has 0 aliphatic rings. The quantitative estimate of drug-likeness (QED) is 0.164. The number of aromatic nitrogens is 4. The van der Waals surface area contributed by atoms with Crippen LogP contribution in [-0.2, 0) is 0 Å². The summed E-state index contributed by atoms with van der Waals surface area (Å²) in [7, 11) is 0. The normalized spacial score (nSPS) is 13.0. The topological polar surface area (TPSA) is 43.6 Å². The van der Waals surface area contributed by atoms with Gasteiger partial charge in [-0.05, 0) is 63.7 Å². The average Bonchev–Trinajstić information content (AvgIpc) is 3.88. The molecule has 3 aromatic heterocycles. The number of rotatable bonds is 5. The van der Waals surface area contributed by atoms with E-state index < -0.39 is 6.04 Å². The van der Waals surface area contributed by atoms with Gasteiger partial charge in [0.05, 0.1) is 17.9 Å². The van der Waals surface area contributed by atoms with Crippen molar-refractivity contribution >= 4 is 74.9 Å². The van der Waals surface area contributed by atoms with E-state index in [4.69, 9.17) is 21.8 Å². The van der Waals surface area contributed by atoms with Crippen molar-refractivity contribution in [2.45, 2.75) is 0 Å². The molecule has 0 radical (unpaired) electrons. The van der Waals surface area contributed by atoms with Crippen LogP contribution in [0.5, 0.6) is 0 Å². The van der Waals surface area contributed by atoms with Crippen LogP contribution in [0.25, 0.3) is 115 Å². The van der Waals surface area contributed by atoms with Crippen molar-refractivity contribution < 1.29 is 6.85 Å². The number of nitrogens with zero attached hydrogens (tertiary/aromatic N) is 4. The summed E-state index contributed by atoms with van der Waals surface area (Å²) in [6.07, 6.45) is 0. The highest BCUT2D eigenvalue weighted by Gasteiger charge is 2.22. The van der Waals surface area contributed by atoms with Crippen LogP contribution in [0.2, 0.25) is 0 Å². The molecule has 58 heavy (non-hydrogen) atoms. The highest BCUT2D eigenvalue weighted by atomic mass is 32.1. The third-order valence-electron chi connectivity index (χ3n) is 11.1. The Bertz CT molecular complexity index is 3800. The zero-order valence-corrected chi connectivity index (χ0v) is 31.6. The van der Waals surface area contributed by atoms with Gasteiger partial charge >= 0.3 is 0 Å². The number of hydrogen-bond donors (Lipinski definition) is 0. The molecule has 0 saturated carbocycles. The van der Waals surface area contributed by atoms with Gasteiger partial charge in [-0.15, -0.1) is 11.3 Å². The van der Waals surface area contributed by atoms with Gasteiger partial charge in [0.2, 0.25) is 0 Å². The first-order valence-electron chi connectivity index (χ1n) is 21.6. The van der Waals surface area contributed by atoms with Crippen LogP contribution in [0.15, 0.2) is 194 Å². The molecule has 0 fully saturated rings. The van der Waals surface area contributed by atoms with Crippen molar-refractivity contribution in [2.24, 2.45) is 0 Å². The van der Waals surface area contributed by atoms with Crippen LogP contribution in [-0.4, -0.2) is 19.5 Å². The average molecular weight is 762 g/mol. The van der Waals surface area contributed by atoms with Crippen molar-refractivity contribution in [2.75, 3.05) is 0 Å². The molecule has 3 heterocycles. The zero-order chi connectivity index (χ0) is 42.5. The molecule has 0 amide bonds. The molecule has 0 saturated heterocycles. The van der Waals surface area contributed by atoms with E-state index in [1.807, 2.05) is 48.5 Å². The van der Waals surface area contributed by atoms with E-state index in [1.165, 1.54) is 0 Å². The first kappa shape index (κ1) is 28.0. The predicted octanol–water partition coefficient (Wildman–Crippen LogP) is 14.3. The lowest BCUT2D eigenvalue weighted by Gasteiger charge is -2.14. The third-order valence-corrected chi connectivity index (χ3v) is 12.3. The van der Waals surface area contributed by atoms with E-state index in [-0.39, 0.29) is 29.7 Å². The Morgan fingerprint density at radius 2 is 1.09 bits per heavy atom. The first-order valence-corrected chi connectivity index (χ1v) is 19.9. The molecule has 5 heteroatoms. The number of fused-ring (bicyclic) bond motifs is 9. The molecular weight excluding hydrogens is 725 g/mol. The standard InChI is InChI=1S/C53H32N4S/c1-3-14-33(15-4-1)37-28-29-48-43(30-37)44-31-38(57-46-24-11-9-21-40(46)41-22-10-12-25-47(41)57)32-45(50(44)58-48)53-55-51(36-17-5-2-6-18-36)54-52(56-53)42-23-13-19-35-27-26-34-16-7-8-20-39(34)49(35)42/h1-32H/i1D,3D,4D,14D,15D. The second kappa shape index (κ2) is 13.1. The monoisotopic (exact) mass is 761 g/mol. The van der Waals surface area contributed by atoms with E-state index in [1.54, 1.807) is 11.3 Å². The minimum absolute atomic E-state index is 0.165. The number of para-hydroxylation sites is 2.